The second-order valence-electron chi connectivity index (χ2n) is 14.9. The highest BCUT2D eigenvalue weighted by molar-refractivity contribution is 6.10. The van der Waals surface area contributed by atoms with Gasteiger partial charge < -0.3 is 0 Å². The number of nitrogens with zero attached hydrogens (tertiary/aromatic N) is 4. The molecule has 0 radical (unpaired) electrons. The maximum absolute atomic E-state index is 13.2. The van der Waals surface area contributed by atoms with Crippen molar-refractivity contribution in [3.8, 4) is 45.0 Å². The fraction of sp³-hybridized carbons (Fsp3) is 0.0182. The molecule has 0 fully saturated rings. The van der Waals surface area contributed by atoms with Gasteiger partial charge in [0.2, 0.25) is 0 Å². The summed E-state index contributed by atoms with van der Waals surface area (Å²) in [5.74, 6) is -0.0499. The predicted octanol–water partition coefficient (Wildman–Crippen LogP) is 12.3. The average Bonchev–Trinajstić information content (AvgIpc) is 3.34. The van der Waals surface area contributed by atoms with E-state index in [1.807, 2.05) is 182 Å². The third-order valence-electron chi connectivity index (χ3n) is 10.9. The topological polar surface area (TPSA) is 85.7 Å². The number of hydrogen-bond acceptors (Lipinski definition) is 6. The zero-order valence-corrected chi connectivity index (χ0v) is 32.9. The van der Waals surface area contributed by atoms with Crippen molar-refractivity contribution in [3.05, 3.63) is 240 Å². The van der Waals surface area contributed by atoms with E-state index in [4.69, 9.17) is 19.9 Å². The molecule has 0 atom stereocenters. The van der Waals surface area contributed by atoms with Gasteiger partial charge in [0.25, 0.3) is 0 Å². The van der Waals surface area contributed by atoms with Crippen molar-refractivity contribution in [1.82, 2.24) is 19.9 Å². The quantitative estimate of drug-likeness (QED) is 0.128. The van der Waals surface area contributed by atoms with Gasteiger partial charge in [-0.15, -0.1) is 0 Å². The van der Waals surface area contributed by atoms with E-state index in [-0.39, 0.29) is 11.6 Å². The van der Waals surface area contributed by atoms with Gasteiger partial charge in [0.05, 0.1) is 44.8 Å². The number of hydrogen-bond donors (Lipinski definition) is 0. The summed E-state index contributed by atoms with van der Waals surface area (Å²) in [6.45, 7) is 0. The van der Waals surface area contributed by atoms with Gasteiger partial charge in [0, 0.05) is 44.5 Å². The van der Waals surface area contributed by atoms with Crippen molar-refractivity contribution in [2.24, 2.45) is 0 Å². The third-order valence-corrected chi connectivity index (χ3v) is 10.9. The Kier molecular flexibility index (Phi) is 9.85. The zero-order valence-electron chi connectivity index (χ0n) is 32.9. The maximum atomic E-state index is 13.2. The minimum atomic E-state index is -0.0249. The Morgan fingerprint density at radius 1 is 0.295 bits per heavy atom. The van der Waals surface area contributed by atoms with E-state index in [1.54, 1.807) is 0 Å². The van der Waals surface area contributed by atoms with Gasteiger partial charge in [0.15, 0.2) is 11.6 Å². The summed E-state index contributed by atoms with van der Waals surface area (Å²) in [4.78, 5) is 47.2. The molecule has 10 rings (SSSR count). The van der Waals surface area contributed by atoms with Crippen molar-refractivity contribution in [3.63, 3.8) is 0 Å². The molecule has 6 heteroatoms. The molecule has 0 amide bonds. The lowest BCUT2D eigenvalue weighted by molar-refractivity contribution is 0.103. The molecular formula is C55H36N4O2. The average molecular weight is 785 g/mol. The van der Waals surface area contributed by atoms with Crippen LogP contribution in [0.25, 0.3) is 67.1 Å². The first-order valence-corrected chi connectivity index (χ1v) is 20.2. The molecule has 0 saturated carbocycles. The number of ketones is 2. The molecular weight excluding hydrogens is 749 g/mol. The lowest BCUT2D eigenvalue weighted by Crippen LogP contribution is -2.01. The Labute approximate surface area is 352 Å². The summed E-state index contributed by atoms with van der Waals surface area (Å²) in [6.07, 6.45) is 0.646. The van der Waals surface area contributed by atoms with Crippen LogP contribution in [0.3, 0.4) is 0 Å². The van der Waals surface area contributed by atoms with Crippen LogP contribution < -0.4 is 0 Å². The lowest BCUT2D eigenvalue weighted by Gasteiger charge is -2.13. The molecule has 0 spiro atoms. The Morgan fingerprint density at radius 2 is 0.590 bits per heavy atom. The number of fused-ring (bicyclic) bond motifs is 2. The van der Waals surface area contributed by atoms with Crippen LogP contribution >= 0.6 is 0 Å². The van der Waals surface area contributed by atoms with Gasteiger partial charge in [-0.05, 0) is 41.8 Å². The molecule has 0 bridgehead atoms. The number of aromatic nitrogens is 4. The smallest absolute Gasteiger partial charge is 0.193 e. The van der Waals surface area contributed by atoms with E-state index >= 15 is 0 Å². The molecule has 288 valence electrons. The first-order chi connectivity index (χ1) is 30.0. The monoisotopic (exact) mass is 784 g/mol. The molecule has 0 aliphatic heterocycles. The summed E-state index contributed by atoms with van der Waals surface area (Å²) < 4.78 is 0. The molecule has 2 heterocycles. The van der Waals surface area contributed by atoms with Gasteiger partial charge in [-0.2, -0.15) is 0 Å². The molecule has 0 saturated heterocycles. The standard InChI is InChI=1S/C55H36N4O2/c60-54(42-17-9-3-10-18-42)44-27-23-40(24-28-44)52-50(38-13-5-1-6-14-38)56-46-31-21-36(34-48(46)58-52)33-37-22-32-47-49(35-37)59-53(51(57-47)39-15-7-2-8-16-39)41-25-29-45(30-26-41)55(61)43-19-11-4-12-20-43/h1-32,34-35H,33H2. The van der Waals surface area contributed by atoms with Gasteiger partial charge >= 0.3 is 0 Å². The number of carbonyl (C=O) groups excluding carboxylic acids is 2. The van der Waals surface area contributed by atoms with E-state index in [2.05, 4.69) is 24.3 Å². The number of rotatable bonds is 10. The molecule has 0 N–H and O–H groups in total. The first-order valence-electron chi connectivity index (χ1n) is 20.2. The van der Waals surface area contributed by atoms with Crippen LogP contribution in [-0.4, -0.2) is 31.5 Å². The molecule has 61 heavy (non-hydrogen) atoms. The summed E-state index contributed by atoms with van der Waals surface area (Å²) >= 11 is 0. The fourth-order valence-corrected chi connectivity index (χ4v) is 7.72. The largest absolute Gasteiger partial charge is 0.289 e. The highest BCUT2D eigenvalue weighted by atomic mass is 16.1. The first kappa shape index (κ1) is 37.1. The third kappa shape index (κ3) is 7.62. The fourth-order valence-electron chi connectivity index (χ4n) is 7.72. The van der Waals surface area contributed by atoms with Crippen LogP contribution in [0, 0.1) is 0 Å². The van der Waals surface area contributed by atoms with Gasteiger partial charge in [0.1, 0.15) is 0 Å². The molecule has 2 aromatic heterocycles. The van der Waals surface area contributed by atoms with Crippen molar-refractivity contribution in [1.29, 1.82) is 0 Å². The van der Waals surface area contributed by atoms with E-state index in [0.717, 1.165) is 78.2 Å². The van der Waals surface area contributed by atoms with E-state index in [9.17, 15) is 9.59 Å². The van der Waals surface area contributed by atoms with Gasteiger partial charge in [-0.25, -0.2) is 19.9 Å². The Balaban J connectivity index is 0.992. The minimum absolute atomic E-state index is 0.0249. The van der Waals surface area contributed by atoms with Crippen LogP contribution in [-0.2, 0) is 6.42 Å². The Bertz CT molecular complexity index is 2990. The summed E-state index contributed by atoms with van der Waals surface area (Å²) in [5.41, 5.74) is 14.6. The predicted molar refractivity (Wildman–Crippen MR) is 243 cm³/mol. The van der Waals surface area contributed by atoms with E-state index < -0.39 is 0 Å². The number of benzene rings is 8. The SMILES string of the molecule is O=C(c1ccccc1)c1ccc(-c2nc3cc(Cc4ccc5nc(-c6ccccc6)c(-c6ccc(C(=O)c7ccccc7)cc6)nc5c4)ccc3nc2-c2ccccc2)cc1. The minimum Gasteiger partial charge on any atom is -0.289 e. The lowest BCUT2D eigenvalue weighted by atomic mass is 9.98. The molecule has 8 aromatic carbocycles. The van der Waals surface area contributed by atoms with Gasteiger partial charge in [-0.3, -0.25) is 9.59 Å². The van der Waals surface area contributed by atoms with Gasteiger partial charge in [-0.1, -0.05) is 182 Å². The van der Waals surface area contributed by atoms with Crippen LogP contribution in [0.2, 0.25) is 0 Å². The molecule has 0 unspecified atom stereocenters. The van der Waals surface area contributed by atoms with Crippen molar-refractivity contribution < 1.29 is 9.59 Å². The summed E-state index contributed by atoms with van der Waals surface area (Å²) in [6, 6.07) is 66.5. The van der Waals surface area contributed by atoms with Crippen molar-refractivity contribution in [2.75, 3.05) is 0 Å². The normalized spacial score (nSPS) is 11.1. The zero-order chi connectivity index (χ0) is 41.1. The summed E-state index contributed by atoms with van der Waals surface area (Å²) in [5, 5.41) is 0. The van der Waals surface area contributed by atoms with Crippen molar-refractivity contribution in [2.45, 2.75) is 6.42 Å². The van der Waals surface area contributed by atoms with Crippen LogP contribution in [0.15, 0.2) is 206 Å². The maximum Gasteiger partial charge on any atom is 0.193 e. The summed E-state index contributed by atoms with van der Waals surface area (Å²) in [7, 11) is 0. The Hall–Kier alpha value is -8.22. The highest BCUT2D eigenvalue weighted by Gasteiger charge is 2.18. The second kappa shape index (κ2) is 16.2. The van der Waals surface area contributed by atoms with Crippen LogP contribution in [0.4, 0.5) is 0 Å². The number of carbonyl (C=O) groups is 2. The Morgan fingerprint density at radius 3 is 0.951 bits per heavy atom. The second-order valence-corrected chi connectivity index (χ2v) is 14.9. The van der Waals surface area contributed by atoms with E-state index in [1.165, 1.54) is 0 Å². The van der Waals surface area contributed by atoms with Crippen molar-refractivity contribution >= 4 is 33.6 Å². The molecule has 0 aliphatic rings. The van der Waals surface area contributed by atoms with Crippen LogP contribution in [0.1, 0.15) is 43.0 Å². The van der Waals surface area contributed by atoms with E-state index in [0.29, 0.717) is 28.7 Å². The molecule has 6 nitrogen and oxygen atoms in total. The van der Waals surface area contributed by atoms with Crippen LogP contribution in [0.5, 0.6) is 0 Å². The molecule has 10 aromatic rings. The highest BCUT2D eigenvalue weighted by Crippen LogP contribution is 2.34. The molecule has 0 aliphatic carbocycles.